The van der Waals surface area contributed by atoms with Crippen molar-refractivity contribution in [3.63, 3.8) is 0 Å². The van der Waals surface area contributed by atoms with E-state index in [1.165, 1.54) is 18.2 Å². The summed E-state index contributed by atoms with van der Waals surface area (Å²) in [5, 5.41) is 0. The first-order chi connectivity index (χ1) is 9.99. The standard InChI is InChI=1S/C15H17N3O2S/c1-17-21(19,20)15-6-4-14(5-7-15)18-9-11-2-3-13(16)8-12(11)10-18/h2-8,17H,9-10,16H2,1H3. The molecular formula is C15H17N3O2S. The lowest BCUT2D eigenvalue weighted by Crippen LogP contribution is -2.19. The number of nitrogens with two attached hydrogens (primary N) is 1. The van der Waals surface area contributed by atoms with Crippen LogP contribution >= 0.6 is 0 Å². The van der Waals surface area contributed by atoms with Gasteiger partial charge in [0.15, 0.2) is 0 Å². The minimum atomic E-state index is -3.38. The van der Waals surface area contributed by atoms with Gasteiger partial charge in [-0.3, -0.25) is 0 Å². The van der Waals surface area contributed by atoms with Gasteiger partial charge in [0, 0.05) is 24.5 Å². The predicted octanol–water partition coefficient (Wildman–Crippen LogP) is 1.70. The summed E-state index contributed by atoms with van der Waals surface area (Å²) in [6.07, 6.45) is 0. The van der Waals surface area contributed by atoms with E-state index < -0.39 is 10.0 Å². The summed E-state index contributed by atoms with van der Waals surface area (Å²) >= 11 is 0. The van der Waals surface area contributed by atoms with Crippen LogP contribution in [-0.4, -0.2) is 15.5 Å². The Bertz CT molecular complexity index is 770. The molecule has 3 N–H and O–H groups in total. The van der Waals surface area contributed by atoms with E-state index >= 15 is 0 Å². The van der Waals surface area contributed by atoms with E-state index in [1.807, 2.05) is 30.3 Å². The Morgan fingerprint density at radius 1 is 1.05 bits per heavy atom. The third-order valence-electron chi connectivity index (χ3n) is 3.73. The molecule has 0 aliphatic carbocycles. The minimum Gasteiger partial charge on any atom is -0.399 e. The number of benzene rings is 2. The molecular weight excluding hydrogens is 286 g/mol. The van der Waals surface area contributed by atoms with E-state index in [1.54, 1.807) is 12.1 Å². The van der Waals surface area contributed by atoms with Crippen molar-refractivity contribution in [1.29, 1.82) is 0 Å². The van der Waals surface area contributed by atoms with Gasteiger partial charge in [0.25, 0.3) is 0 Å². The molecule has 0 radical (unpaired) electrons. The third-order valence-corrected chi connectivity index (χ3v) is 5.16. The van der Waals surface area contributed by atoms with Crippen molar-refractivity contribution < 1.29 is 8.42 Å². The highest BCUT2D eigenvalue weighted by Gasteiger charge is 2.20. The number of nitrogens with zero attached hydrogens (tertiary/aromatic N) is 1. The molecule has 1 aliphatic heterocycles. The average Bonchev–Trinajstić information content (AvgIpc) is 2.90. The molecule has 1 aliphatic rings. The summed E-state index contributed by atoms with van der Waals surface area (Å²) in [5.74, 6) is 0. The SMILES string of the molecule is CNS(=O)(=O)c1ccc(N2Cc3ccc(N)cc3C2)cc1. The Hall–Kier alpha value is -2.05. The molecule has 1 heterocycles. The van der Waals surface area contributed by atoms with Gasteiger partial charge in [0.1, 0.15) is 0 Å². The fourth-order valence-corrected chi connectivity index (χ4v) is 3.28. The van der Waals surface area contributed by atoms with Crippen molar-refractivity contribution in [2.24, 2.45) is 0 Å². The fourth-order valence-electron chi connectivity index (χ4n) is 2.55. The van der Waals surface area contributed by atoms with Crippen LogP contribution in [0.3, 0.4) is 0 Å². The van der Waals surface area contributed by atoms with Crippen LogP contribution in [-0.2, 0) is 23.1 Å². The molecule has 5 nitrogen and oxygen atoms in total. The van der Waals surface area contributed by atoms with Gasteiger partial charge in [-0.15, -0.1) is 0 Å². The summed E-state index contributed by atoms with van der Waals surface area (Å²) in [7, 11) is -1.98. The maximum atomic E-state index is 11.7. The maximum Gasteiger partial charge on any atom is 0.240 e. The molecule has 110 valence electrons. The highest BCUT2D eigenvalue weighted by molar-refractivity contribution is 7.89. The van der Waals surface area contributed by atoms with Gasteiger partial charge >= 0.3 is 0 Å². The van der Waals surface area contributed by atoms with Crippen molar-refractivity contribution in [3.05, 3.63) is 53.6 Å². The van der Waals surface area contributed by atoms with Crippen LogP contribution in [0.1, 0.15) is 11.1 Å². The molecule has 0 spiro atoms. The van der Waals surface area contributed by atoms with Crippen molar-refractivity contribution in [2.75, 3.05) is 17.7 Å². The van der Waals surface area contributed by atoms with Crippen molar-refractivity contribution >= 4 is 21.4 Å². The molecule has 0 bridgehead atoms. The van der Waals surface area contributed by atoms with E-state index in [0.29, 0.717) is 0 Å². The molecule has 2 aromatic carbocycles. The Kier molecular flexibility index (Phi) is 3.35. The number of nitrogens with one attached hydrogen (secondary N) is 1. The first kappa shape index (κ1) is 13.9. The summed E-state index contributed by atoms with van der Waals surface area (Å²) in [6.45, 7) is 1.60. The zero-order chi connectivity index (χ0) is 15.0. The lowest BCUT2D eigenvalue weighted by Gasteiger charge is -2.18. The maximum absolute atomic E-state index is 11.7. The Labute approximate surface area is 124 Å². The Morgan fingerprint density at radius 3 is 2.38 bits per heavy atom. The molecule has 6 heteroatoms. The molecule has 2 aromatic rings. The monoisotopic (exact) mass is 303 g/mol. The largest absolute Gasteiger partial charge is 0.399 e. The lowest BCUT2D eigenvalue weighted by atomic mass is 10.1. The smallest absolute Gasteiger partial charge is 0.240 e. The third kappa shape index (κ3) is 2.59. The van der Waals surface area contributed by atoms with Crippen LogP contribution in [0.5, 0.6) is 0 Å². The molecule has 0 saturated carbocycles. The number of fused-ring (bicyclic) bond motifs is 1. The summed E-state index contributed by atoms with van der Waals surface area (Å²) in [4.78, 5) is 2.47. The molecule has 0 unspecified atom stereocenters. The van der Waals surface area contributed by atoms with Gasteiger partial charge in [-0.2, -0.15) is 0 Å². The van der Waals surface area contributed by atoms with Gasteiger partial charge in [-0.05, 0) is 54.6 Å². The van der Waals surface area contributed by atoms with Crippen LogP contribution in [0, 0.1) is 0 Å². The predicted molar refractivity (Wildman–Crippen MR) is 83.4 cm³/mol. The van der Waals surface area contributed by atoms with Crippen LogP contribution in [0.2, 0.25) is 0 Å². The quantitative estimate of drug-likeness (QED) is 0.846. The van der Waals surface area contributed by atoms with Gasteiger partial charge in [-0.25, -0.2) is 13.1 Å². The highest BCUT2D eigenvalue weighted by atomic mass is 32.2. The van der Waals surface area contributed by atoms with Gasteiger partial charge < -0.3 is 10.6 Å². The van der Waals surface area contributed by atoms with Crippen LogP contribution < -0.4 is 15.4 Å². The molecule has 0 fully saturated rings. The molecule has 0 saturated heterocycles. The first-order valence-corrected chi connectivity index (χ1v) is 8.14. The molecule has 3 rings (SSSR count). The van der Waals surface area contributed by atoms with Gasteiger partial charge in [0.2, 0.25) is 10.0 Å². The van der Waals surface area contributed by atoms with Crippen LogP contribution in [0.15, 0.2) is 47.4 Å². The van der Waals surface area contributed by atoms with Crippen molar-refractivity contribution in [2.45, 2.75) is 18.0 Å². The van der Waals surface area contributed by atoms with Crippen molar-refractivity contribution in [1.82, 2.24) is 4.72 Å². The van der Waals surface area contributed by atoms with E-state index in [2.05, 4.69) is 9.62 Å². The summed E-state index contributed by atoms with van der Waals surface area (Å²) in [6, 6.07) is 12.9. The van der Waals surface area contributed by atoms with E-state index in [9.17, 15) is 8.42 Å². The van der Waals surface area contributed by atoms with E-state index in [0.717, 1.165) is 24.5 Å². The molecule has 21 heavy (non-hydrogen) atoms. The highest BCUT2D eigenvalue weighted by Crippen LogP contribution is 2.29. The van der Waals surface area contributed by atoms with Gasteiger partial charge in [0.05, 0.1) is 4.90 Å². The number of sulfonamides is 1. The number of rotatable bonds is 3. The van der Waals surface area contributed by atoms with Gasteiger partial charge in [-0.1, -0.05) is 6.07 Å². The Morgan fingerprint density at radius 2 is 1.71 bits per heavy atom. The lowest BCUT2D eigenvalue weighted by molar-refractivity contribution is 0.588. The van der Waals surface area contributed by atoms with E-state index in [-0.39, 0.29) is 4.90 Å². The number of nitrogen functional groups attached to an aromatic ring is 1. The second-order valence-corrected chi connectivity index (χ2v) is 6.97. The zero-order valence-corrected chi connectivity index (χ0v) is 12.5. The first-order valence-electron chi connectivity index (χ1n) is 6.65. The second kappa shape index (κ2) is 5.05. The normalized spacial score (nSPS) is 14.2. The number of anilines is 2. The molecule has 0 amide bonds. The van der Waals surface area contributed by atoms with Crippen molar-refractivity contribution in [3.8, 4) is 0 Å². The molecule has 0 aromatic heterocycles. The van der Waals surface area contributed by atoms with Crippen LogP contribution in [0.4, 0.5) is 11.4 Å². The fraction of sp³-hybridized carbons (Fsp3) is 0.200. The van der Waals surface area contributed by atoms with E-state index in [4.69, 9.17) is 5.73 Å². The summed E-state index contributed by atoms with van der Waals surface area (Å²) < 4.78 is 25.7. The second-order valence-electron chi connectivity index (χ2n) is 5.09. The van der Waals surface area contributed by atoms with Crippen LogP contribution in [0.25, 0.3) is 0 Å². The Balaban J connectivity index is 1.84. The number of hydrogen-bond donors (Lipinski definition) is 2. The zero-order valence-electron chi connectivity index (χ0n) is 11.7. The summed E-state index contributed by atoms with van der Waals surface area (Å²) in [5.41, 5.74) is 10.1. The number of hydrogen-bond acceptors (Lipinski definition) is 4. The minimum absolute atomic E-state index is 0.273. The topological polar surface area (TPSA) is 75.4 Å². The average molecular weight is 303 g/mol. The molecule has 0 atom stereocenters.